The Morgan fingerprint density at radius 3 is 2.65 bits per heavy atom. The van der Waals surface area contributed by atoms with Crippen LogP contribution in [0.1, 0.15) is 30.1 Å². The molecule has 0 spiro atoms. The van der Waals surface area contributed by atoms with E-state index in [1.54, 1.807) is 0 Å². The van der Waals surface area contributed by atoms with Crippen LogP contribution in [-0.2, 0) is 0 Å². The minimum absolute atomic E-state index is 0.0464. The van der Waals surface area contributed by atoms with Crippen LogP contribution in [0.25, 0.3) is 0 Å². The number of carbonyl (C=O) groups is 1. The average Bonchev–Trinajstić information content (AvgIpc) is 2.46. The Morgan fingerprint density at radius 2 is 2.10 bits per heavy atom. The first-order chi connectivity index (χ1) is 9.46. The molecule has 1 heterocycles. The second-order valence-corrected chi connectivity index (χ2v) is 6.59. The maximum Gasteiger partial charge on any atom is 0.253 e. The summed E-state index contributed by atoms with van der Waals surface area (Å²) in [5.41, 5.74) is 6.12. The zero-order chi connectivity index (χ0) is 14.8. The third-order valence-electron chi connectivity index (χ3n) is 3.95. The molecule has 5 nitrogen and oxygen atoms in total. The number of amides is 1. The summed E-state index contributed by atoms with van der Waals surface area (Å²) in [6.07, 6.45) is 1.41. The van der Waals surface area contributed by atoms with E-state index in [-0.39, 0.29) is 17.2 Å². The molecule has 1 aliphatic rings. The van der Waals surface area contributed by atoms with Gasteiger partial charge in [0.2, 0.25) is 0 Å². The Labute approximate surface area is 132 Å². The Hall–Kier alpha value is -1.31. The minimum Gasteiger partial charge on any atom is -0.409 e. The monoisotopic (exact) mass is 387 g/mol. The van der Waals surface area contributed by atoms with Gasteiger partial charge in [-0.1, -0.05) is 18.1 Å². The molecule has 1 aromatic rings. The van der Waals surface area contributed by atoms with Gasteiger partial charge in [0.1, 0.15) is 5.84 Å². The van der Waals surface area contributed by atoms with Crippen LogP contribution in [0, 0.1) is 8.99 Å². The highest BCUT2D eigenvalue weighted by molar-refractivity contribution is 14.1. The number of oxime groups is 1. The van der Waals surface area contributed by atoms with Crippen molar-refractivity contribution in [1.29, 1.82) is 0 Å². The van der Waals surface area contributed by atoms with E-state index in [9.17, 15) is 4.79 Å². The number of carbonyl (C=O) groups excluding carboxylic acids is 1. The van der Waals surface area contributed by atoms with Crippen LogP contribution in [-0.4, -0.2) is 34.9 Å². The van der Waals surface area contributed by atoms with E-state index in [0.717, 1.165) is 3.57 Å². The molecule has 0 unspecified atom stereocenters. The highest BCUT2D eigenvalue weighted by Gasteiger charge is 2.35. The fraction of sp³-hybridized carbons (Fsp3) is 0.429. The molecule has 1 fully saturated rings. The quantitative estimate of drug-likeness (QED) is 0.269. The van der Waals surface area contributed by atoms with E-state index >= 15 is 0 Å². The number of piperidine rings is 1. The van der Waals surface area contributed by atoms with Crippen LogP contribution >= 0.6 is 22.6 Å². The number of nitrogens with zero attached hydrogens (tertiary/aromatic N) is 2. The average molecular weight is 387 g/mol. The van der Waals surface area contributed by atoms with Crippen LogP contribution in [0.15, 0.2) is 29.4 Å². The number of hydrogen-bond acceptors (Lipinski definition) is 3. The van der Waals surface area contributed by atoms with Crippen molar-refractivity contribution in [3.8, 4) is 0 Å². The lowest BCUT2D eigenvalue weighted by atomic mass is 9.79. The molecule has 3 N–H and O–H groups in total. The first-order valence-electron chi connectivity index (χ1n) is 6.49. The third kappa shape index (κ3) is 3.05. The van der Waals surface area contributed by atoms with Crippen molar-refractivity contribution in [2.75, 3.05) is 13.1 Å². The van der Waals surface area contributed by atoms with Crippen molar-refractivity contribution in [3.63, 3.8) is 0 Å². The van der Waals surface area contributed by atoms with Crippen LogP contribution in [0.3, 0.4) is 0 Å². The molecule has 1 amide bonds. The zero-order valence-corrected chi connectivity index (χ0v) is 13.5. The lowest BCUT2D eigenvalue weighted by Crippen LogP contribution is -2.47. The SMILES string of the molecule is CC1(/C(N)=N/O)CCN(C(=O)c2cccc(I)c2)CC1. The number of likely N-dealkylation sites (tertiary alicyclic amines) is 1. The number of rotatable bonds is 2. The standard InChI is InChI=1S/C14H18IN3O2/c1-14(13(16)17-20)5-7-18(8-6-14)12(19)10-3-2-4-11(15)9-10/h2-4,9,20H,5-8H2,1H3,(H2,16,17). The molecule has 0 atom stereocenters. The molecule has 0 bridgehead atoms. The maximum atomic E-state index is 12.4. The number of hydrogen-bond donors (Lipinski definition) is 2. The van der Waals surface area contributed by atoms with Gasteiger partial charge in [-0.05, 0) is 53.6 Å². The van der Waals surface area contributed by atoms with E-state index in [0.29, 0.717) is 31.5 Å². The van der Waals surface area contributed by atoms with Crippen LogP contribution in [0.2, 0.25) is 0 Å². The molecule has 1 aromatic carbocycles. The normalized spacial score (nSPS) is 18.9. The van der Waals surface area contributed by atoms with Gasteiger partial charge in [0.05, 0.1) is 0 Å². The van der Waals surface area contributed by atoms with Gasteiger partial charge < -0.3 is 15.8 Å². The predicted molar refractivity (Wildman–Crippen MR) is 85.8 cm³/mol. The second-order valence-electron chi connectivity index (χ2n) is 5.35. The van der Waals surface area contributed by atoms with Gasteiger partial charge >= 0.3 is 0 Å². The number of halogens is 1. The predicted octanol–water partition coefficient (Wildman–Crippen LogP) is 2.28. The first-order valence-corrected chi connectivity index (χ1v) is 7.57. The summed E-state index contributed by atoms with van der Waals surface area (Å²) < 4.78 is 1.05. The Kier molecular flexibility index (Phi) is 4.52. The number of nitrogens with two attached hydrogens (primary N) is 1. The maximum absolute atomic E-state index is 12.4. The van der Waals surface area contributed by atoms with E-state index in [1.807, 2.05) is 36.1 Å². The molecule has 6 heteroatoms. The van der Waals surface area contributed by atoms with Crippen LogP contribution in [0.4, 0.5) is 0 Å². The van der Waals surface area contributed by atoms with Gasteiger partial charge in [0, 0.05) is 27.6 Å². The van der Waals surface area contributed by atoms with E-state index < -0.39 is 0 Å². The van der Waals surface area contributed by atoms with Crippen LogP contribution < -0.4 is 5.73 Å². The minimum atomic E-state index is -0.323. The van der Waals surface area contributed by atoms with Crippen molar-refractivity contribution < 1.29 is 10.0 Å². The van der Waals surface area contributed by atoms with Crippen molar-refractivity contribution in [3.05, 3.63) is 33.4 Å². The van der Waals surface area contributed by atoms with E-state index in [4.69, 9.17) is 10.9 Å². The Balaban J connectivity index is 2.06. The topological polar surface area (TPSA) is 78.9 Å². The fourth-order valence-electron chi connectivity index (χ4n) is 2.38. The van der Waals surface area contributed by atoms with Gasteiger partial charge in [-0.25, -0.2) is 0 Å². The van der Waals surface area contributed by atoms with Gasteiger partial charge in [-0.3, -0.25) is 4.79 Å². The van der Waals surface area contributed by atoms with E-state index in [1.165, 1.54) is 0 Å². The van der Waals surface area contributed by atoms with Crippen molar-refractivity contribution in [1.82, 2.24) is 4.90 Å². The molecule has 0 radical (unpaired) electrons. The summed E-state index contributed by atoms with van der Waals surface area (Å²) in [5, 5.41) is 11.9. The van der Waals surface area contributed by atoms with Crippen molar-refractivity contribution in [2.45, 2.75) is 19.8 Å². The van der Waals surface area contributed by atoms with Crippen molar-refractivity contribution >= 4 is 34.3 Å². The van der Waals surface area contributed by atoms with Gasteiger partial charge in [0.25, 0.3) is 5.91 Å². The number of amidine groups is 1. The second kappa shape index (κ2) is 5.99. The summed E-state index contributed by atoms with van der Waals surface area (Å²) in [7, 11) is 0. The molecule has 1 aliphatic heterocycles. The first kappa shape index (κ1) is 15.1. The lowest BCUT2D eigenvalue weighted by molar-refractivity contribution is 0.0666. The lowest BCUT2D eigenvalue weighted by Gasteiger charge is -2.38. The third-order valence-corrected chi connectivity index (χ3v) is 4.62. The zero-order valence-electron chi connectivity index (χ0n) is 11.3. The molecule has 0 saturated carbocycles. The molecule has 108 valence electrons. The molecular weight excluding hydrogens is 369 g/mol. The molecule has 0 aromatic heterocycles. The van der Waals surface area contributed by atoms with Gasteiger partial charge in [-0.2, -0.15) is 0 Å². The van der Waals surface area contributed by atoms with Gasteiger partial charge in [0.15, 0.2) is 0 Å². The number of benzene rings is 1. The summed E-state index contributed by atoms with van der Waals surface area (Å²) in [4.78, 5) is 14.2. The molecule has 20 heavy (non-hydrogen) atoms. The highest BCUT2D eigenvalue weighted by atomic mass is 127. The molecular formula is C14H18IN3O2. The Bertz CT molecular complexity index is 537. The smallest absolute Gasteiger partial charge is 0.253 e. The molecule has 1 saturated heterocycles. The van der Waals surface area contributed by atoms with Gasteiger partial charge in [-0.15, -0.1) is 0 Å². The fourth-order valence-corrected chi connectivity index (χ4v) is 2.93. The Morgan fingerprint density at radius 1 is 1.45 bits per heavy atom. The largest absolute Gasteiger partial charge is 0.409 e. The van der Waals surface area contributed by atoms with Crippen molar-refractivity contribution in [2.24, 2.45) is 16.3 Å². The summed E-state index contributed by atoms with van der Waals surface area (Å²) >= 11 is 2.20. The highest BCUT2D eigenvalue weighted by Crippen LogP contribution is 2.31. The molecule has 0 aliphatic carbocycles. The molecule has 2 rings (SSSR count). The summed E-state index contributed by atoms with van der Waals surface area (Å²) in [6.45, 7) is 3.21. The summed E-state index contributed by atoms with van der Waals surface area (Å²) in [6, 6.07) is 7.57. The van der Waals surface area contributed by atoms with E-state index in [2.05, 4.69) is 27.7 Å². The summed E-state index contributed by atoms with van der Waals surface area (Å²) in [5.74, 6) is 0.295. The van der Waals surface area contributed by atoms with Crippen LogP contribution in [0.5, 0.6) is 0 Å².